The highest BCUT2D eigenvalue weighted by atomic mass is 32.2. The standard InChI is InChI=1S/C27H28F3N7O4S/c1-15-26(42(39,40)34-20-4-3-5-20)16(2)36(33-15)25-11-24(22(30)12-31-25)41-21-13-35(14-21)27(38)37-23(6-7-32-37)17-8-18(28)10-19(29)9-17/h7-12,20-21,23,34H,3-6,13-14H2,1-2H3/t23-/m0/s1. The Labute approximate surface area is 240 Å². The summed E-state index contributed by atoms with van der Waals surface area (Å²) in [6, 6.07) is 3.20. The Morgan fingerprint density at radius 1 is 1.07 bits per heavy atom. The van der Waals surface area contributed by atoms with Crippen molar-refractivity contribution in [3.05, 3.63) is 64.9 Å². The molecule has 1 saturated heterocycles. The lowest BCUT2D eigenvalue weighted by atomic mass is 9.94. The summed E-state index contributed by atoms with van der Waals surface area (Å²) in [5, 5.41) is 9.60. The highest BCUT2D eigenvalue weighted by Gasteiger charge is 2.39. The van der Waals surface area contributed by atoms with E-state index < -0.39 is 45.7 Å². The van der Waals surface area contributed by atoms with Gasteiger partial charge in [0.15, 0.2) is 17.4 Å². The van der Waals surface area contributed by atoms with Gasteiger partial charge in [-0.2, -0.15) is 10.2 Å². The quantitative estimate of drug-likeness (QED) is 0.439. The van der Waals surface area contributed by atoms with Gasteiger partial charge in [0, 0.05) is 30.8 Å². The number of halogens is 3. The van der Waals surface area contributed by atoms with E-state index in [1.54, 1.807) is 13.8 Å². The molecule has 0 radical (unpaired) electrons. The Bertz CT molecular complexity index is 1670. The van der Waals surface area contributed by atoms with Crippen LogP contribution in [0, 0.1) is 31.3 Å². The largest absolute Gasteiger partial charge is 0.483 e. The van der Waals surface area contributed by atoms with Crippen molar-refractivity contribution in [1.29, 1.82) is 0 Å². The molecule has 2 aliphatic heterocycles. The molecule has 3 aromatic rings. The van der Waals surface area contributed by atoms with Crippen molar-refractivity contribution in [3.8, 4) is 11.6 Å². The molecule has 15 heteroatoms. The fourth-order valence-electron chi connectivity index (χ4n) is 5.30. The van der Waals surface area contributed by atoms with E-state index in [0.29, 0.717) is 12.1 Å². The predicted molar refractivity (Wildman–Crippen MR) is 144 cm³/mol. The van der Waals surface area contributed by atoms with E-state index in [-0.39, 0.29) is 46.9 Å². The Morgan fingerprint density at radius 2 is 1.79 bits per heavy atom. The number of likely N-dealkylation sites (tertiary alicyclic amines) is 1. The lowest BCUT2D eigenvalue weighted by Crippen LogP contribution is -2.58. The third kappa shape index (κ3) is 5.22. The smallest absolute Gasteiger partial charge is 0.341 e. The van der Waals surface area contributed by atoms with Crippen molar-refractivity contribution in [1.82, 2.24) is 29.4 Å². The summed E-state index contributed by atoms with van der Waals surface area (Å²) in [4.78, 5) is 18.6. The number of aryl methyl sites for hydroxylation is 1. The minimum atomic E-state index is -3.80. The summed E-state index contributed by atoms with van der Waals surface area (Å²) in [5.74, 6) is -2.19. The van der Waals surface area contributed by atoms with Crippen LogP contribution in [0.15, 0.2) is 40.5 Å². The van der Waals surface area contributed by atoms with Gasteiger partial charge in [-0.05, 0) is 44.4 Å². The molecule has 1 aliphatic carbocycles. The second-order valence-corrected chi connectivity index (χ2v) is 12.3. The zero-order chi connectivity index (χ0) is 29.8. The highest BCUT2D eigenvalue weighted by molar-refractivity contribution is 7.89. The number of nitrogens with zero attached hydrogens (tertiary/aromatic N) is 6. The maximum atomic E-state index is 14.7. The van der Waals surface area contributed by atoms with Crippen molar-refractivity contribution >= 4 is 22.3 Å². The van der Waals surface area contributed by atoms with Gasteiger partial charge >= 0.3 is 6.03 Å². The number of benzene rings is 1. The van der Waals surface area contributed by atoms with Crippen LogP contribution in [0.25, 0.3) is 5.82 Å². The van der Waals surface area contributed by atoms with Crippen LogP contribution in [0.4, 0.5) is 18.0 Å². The van der Waals surface area contributed by atoms with Crippen LogP contribution in [0.2, 0.25) is 0 Å². The highest BCUT2D eigenvalue weighted by Crippen LogP contribution is 2.32. The average Bonchev–Trinajstić information content (AvgIpc) is 3.48. The first kappa shape index (κ1) is 28.2. The molecule has 6 rings (SSSR count). The topological polar surface area (TPSA) is 122 Å². The number of hydrazone groups is 1. The van der Waals surface area contributed by atoms with E-state index in [9.17, 15) is 26.4 Å². The van der Waals surface area contributed by atoms with Crippen LogP contribution >= 0.6 is 0 Å². The van der Waals surface area contributed by atoms with Gasteiger partial charge in [-0.1, -0.05) is 6.42 Å². The monoisotopic (exact) mass is 603 g/mol. The summed E-state index contributed by atoms with van der Waals surface area (Å²) < 4.78 is 78.0. The van der Waals surface area contributed by atoms with E-state index in [4.69, 9.17) is 4.74 Å². The number of carbonyl (C=O) groups is 1. The summed E-state index contributed by atoms with van der Waals surface area (Å²) >= 11 is 0. The molecular formula is C27H28F3N7O4S. The third-order valence-corrected chi connectivity index (χ3v) is 9.42. The van der Waals surface area contributed by atoms with Crippen molar-refractivity contribution in [2.45, 2.75) is 62.6 Å². The summed E-state index contributed by atoms with van der Waals surface area (Å²) in [6.07, 6.45) is 4.78. The number of hydrogen-bond acceptors (Lipinski definition) is 7. The Morgan fingerprint density at radius 3 is 2.45 bits per heavy atom. The van der Waals surface area contributed by atoms with Gasteiger partial charge in [-0.25, -0.2) is 45.8 Å². The fraction of sp³-hybridized carbons (Fsp3) is 0.407. The zero-order valence-electron chi connectivity index (χ0n) is 22.8. The van der Waals surface area contributed by atoms with Crippen LogP contribution < -0.4 is 9.46 Å². The molecule has 0 bridgehead atoms. The lowest BCUT2D eigenvalue weighted by Gasteiger charge is -2.41. The molecule has 1 saturated carbocycles. The fourth-order valence-corrected chi connectivity index (χ4v) is 6.99. The molecule has 2 aromatic heterocycles. The summed E-state index contributed by atoms with van der Waals surface area (Å²) in [5.41, 5.74) is 0.894. The van der Waals surface area contributed by atoms with Crippen molar-refractivity contribution in [2.24, 2.45) is 5.10 Å². The van der Waals surface area contributed by atoms with E-state index in [1.807, 2.05) is 0 Å². The molecule has 4 heterocycles. The molecule has 3 aliphatic rings. The lowest BCUT2D eigenvalue weighted by molar-refractivity contribution is 0.0256. The molecule has 1 aromatic carbocycles. The number of amides is 2. The molecular weight excluding hydrogens is 575 g/mol. The van der Waals surface area contributed by atoms with E-state index in [1.165, 1.54) is 39.0 Å². The molecule has 0 unspecified atom stereocenters. The number of urea groups is 1. The molecule has 11 nitrogen and oxygen atoms in total. The second kappa shape index (κ2) is 10.7. The van der Waals surface area contributed by atoms with Crippen LogP contribution in [0.3, 0.4) is 0 Å². The number of sulfonamides is 1. The Balaban J connectivity index is 1.13. The van der Waals surface area contributed by atoms with Gasteiger partial charge in [-0.3, -0.25) is 0 Å². The molecule has 222 valence electrons. The van der Waals surface area contributed by atoms with Gasteiger partial charge in [0.2, 0.25) is 10.0 Å². The van der Waals surface area contributed by atoms with Gasteiger partial charge in [-0.15, -0.1) is 0 Å². The first-order chi connectivity index (χ1) is 20.0. The first-order valence-electron chi connectivity index (χ1n) is 13.5. The SMILES string of the molecule is Cc1nn(-c2cc(OC3CN(C(=O)N4N=CC[C@H]4c4cc(F)cc(F)c4)C3)c(F)cn2)c(C)c1S(=O)(=O)NC1CCC1. The van der Waals surface area contributed by atoms with Gasteiger partial charge in [0.05, 0.1) is 36.7 Å². The Hall–Kier alpha value is -3.98. The summed E-state index contributed by atoms with van der Waals surface area (Å²) in [6.45, 7) is 3.44. The van der Waals surface area contributed by atoms with Gasteiger partial charge in [0.1, 0.15) is 22.6 Å². The average molecular weight is 604 g/mol. The van der Waals surface area contributed by atoms with Gasteiger partial charge in [0.25, 0.3) is 0 Å². The molecule has 0 spiro atoms. The maximum Gasteiger partial charge on any atom is 0.341 e. The number of hydrogen-bond donors (Lipinski definition) is 1. The Kier molecular flexibility index (Phi) is 7.17. The minimum absolute atomic E-state index is 0.0556. The number of carbonyl (C=O) groups excluding carboxylic acids is 1. The van der Waals surface area contributed by atoms with Crippen LogP contribution in [-0.2, 0) is 10.0 Å². The maximum absolute atomic E-state index is 14.7. The van der Waals surface area contributed by atoms with E-state index in [2.05, 4.69) is 19.9 Å². The molecule has 1 N–H and O–H groups in total. The number of rotatable bonds is 7. The molecule has 2 amide bonds. The van der Waals surface area contributed by atoms with Crippen molar-refractivity contribution < 1.29 is 31.1 Å². The van der Waals surface area contributed by atoms with Crippen LogP contribution in [0.1, 0.15) is 48.7 Å². The van der Waals surface area contributed by atoms with E-state index in [0.717, 1.165) is 31.5 Å². The summed E-state index contributed by atoms with van der Waals surface area (Å²) in [7, 11) is -3.80. The number of ether oxygens (including phenoxy) is 1. The predicted octanol–water partition coefficient (Wildman–Crippen LogP) is 3.75. The van der Waals surface area contributed by atoms with E-state index >= 15 is 0 Å². The van der Waals surface area contributed by atoms with Crippen molar-refractivity contribution in [2.75, 3.05) is 13.1 Å². The number of aromatic nitrogens is 3. The number of nitrogens with one attached hydrogen (secondary N) is 1. The first-order valence-corrected chi connectivity index (χ1v) is 15.0. The normalized spacial score (nSPS) is 19.2. The minimum Gasteiger partial charge on any atom is -0.483 e. The molecule has 1 atom stereocenters. The zero-order valence-corrected chi connectivity index (χ0v) is 23.6. The second-order valence-electron chi connectivity index (χ2n) is 10.7. The number of pyridine rings is 1. The van der Waals surface area contributed by atoms with Crippen LogP contribution in [-0.4, -0.2) is 70.6 Å². The third-order valence-electron chi connectivity index (χ3n) is 7.65. The molecule has 2 fully saturated rings. The van der Waals surface area contributed by atoms with Crippen LogP contribution in [0.5, 0.6) is 5.75 Å². The molecule has 42 heavy (non-hydrogen) atoms. The van der Waals surface area contributed by atoms with Gasteiger partial charge < -0.3 is 9.64 Å². The van der Waals surface area contributed by atoms with Crippen molar-refractivity contribution in [3.63, 3.8) is 0 Å².